The van der Waals surface area contributed by atoms with Gasteiger partial charge in [0.1, 0.15) is 0 Å². The molecule has 1 aromatic rings. The Morgan fingerprint density at radius 3 is 2.47 bits per heavy atom. The molecule has 1 aliphatic heterocycles. The topological polar surface area (TPSA) is 3.24 Å². The Bertz CT molecular complexity index is 335. The summed E-state index contributed by atoms with van der Waals surface area (Å²) >= 11 is 0. The van der Waals surface area contributed by atoms with Crippen LogP contribution in [-0.4, -0.2) is 18.0 Å². The van der Waals surface area contributed by atoms with Crippen LogP contribution in [0.1, 0.15) is 31.9 Å². The minimum atomic E-state index is 0.409. The van der Waals surface area contributed by atoms with E-state index >= 15 is 0 Å². The largest absolute Gasteiger partial charge is 0.298 e. The number of benzene rings is 1. The molecule has 1 aromatic carbocycles. The van der Waals surface area contributed by atoms with Gasteiger partial charge in [0.25, 0.3) is 0 Å². The molecule has 0 bridgehead atoms. The molecule has 0 aliphatic carbocycles. The average Bonchev–Trinajstić information content (AvgIpc) is 2.15. The second-order valence-electron chi connectivity index (χ2n) is 5.79. The first-order valence-electron chi connectivity index (χ1n) is 5.84. The lowest BCUT2D eigenvalue weighted by Gasteiger charge is -2.33. The highest BCUT2D eigenvalue weighted by atomic mass is 15.1. The van der Waals surface area contributed by atoms with E-state index in [0.29, 0.717) is 5.41 Å². The van der Waals surface area contributed by atoms with Crippen molar-refractivity contribution in [3.8, 4) is 0 Å². The summed E-state index contributed by atoms with van der Waals surface area (Å²) in [5, 5.41) is 0. The van der Waals surface area contributed by atoms with E-state index in [-0.39, 0.29) is 0 Å². The molecule has 0 amide bonds. The van der Waals surface area contributed by atoms with Crippen LogP contribution in [0.5, 0.6) is 0 Å². The Labute approximate surface area is 93.1 Å². The maximum Gasteiger partial charge on any atom is 0.0236 e. The summed E-state index contributed by atoms with van der Waals surface area (Å²) in [6.07, 6.45) is 1.21. The summed E-state index contributed by atoms with van der Waals surface area (Å²) in [4.78, 5) is 2.57. The molecule has 1 nitrogen and oxygen atoms in total. The number of fused-ring (bicyclic) bond motifs is 1. The Balaban J connectivity index is 2.06. The molecule has 0 radical (unpaired) electrons. The van der Waals surface area contributed by atoms with E-state index < -0.39 is 0 Å². The molecule has 0 unspecified atom stereocenters. The number of rotatable bonds is 1. The van der Waals surface area contributed by atoms with Crippen LogP contribution in [-0.2, 0) is 13.0 Å². The monoisotopic (exact) mass is 203 g/mol. The average molecular weight is 203 g/mol. The van der Waals surface area contributed by atoms with Gasteiger partial charge in [0, 0.05) is 19.6 Å². The molecule has 0 aromatic heterocycles. The predicted octanol–water partition coefficient (Wildman–Crippen LogP) is 3.09. The molecule has 0 saturated carbocycles. The highest BCUT2D eigenvalue weighted by Crippen LogP contribution is 2.22. The lowest BCUT2D eigenvalue weighted by atomic mass is 9.93. The third kappa shape index (κ3) is 2.82. The normalized spacial score (nSPS) is 17.5. The van der Waals surface area contributed by atoms with Gasteiger partial charge in [-0.25, -0.2) is 0 Å². The van der Waals surface area contributed by atoms with Gasteiger partial charge in [-0.3, -0.25) is 4.90 Å². The minimum absolute atomic E-state index is 0.409. The van der Waals surface area contributed by atoms with Crippen LogP contribution in [0.2, 0.25) is 0 Å². The lowest BCUT2D eigenvalue weighted by Crippen LogP contribution is -2.36. The highest BCUT2D eigenvalue weighted by molar-refractivity contribution is 5.29. The molecule has 0 spiro atoms. The van der Waals surface area contributed by atoms with E-state index in [2.05, 4.69) is 49.9 Å². The highest BCUT2D eigenvalue weighted by Gasteiger charge is 2.20. The third-order valence-electron chi connectivity index (χ3n) is 2.91. The Hall–Kier alpha value is -0.820. The van der Waals surface area contributed by atoms with Gasteiger partial charge in [0.2, 0.25) is 0 Å². The SMILES string of the molecule is CC(C)(C)CN1CCc2ccccc2C1. The second kappa shape index (κ2) is 3.97. The van der Waals surface area contributed by atoms with Gasteiger partial charge in [-0.15, -0.1) is 0 Å². The Morgan fingerprint density at radius 1 is 1.13 bits per heavy atom. The van der Waals surface area contributed by atoms with Crippen LogP contribution < -0.4 is 0 Å². The van der Waals surface area contributed by atoms with Crippen molar-refractivity contribution in [2.24, 2.45) is 5.41 Å². The zero-order valence-corrected chi connectivity index (χ0v) is 10.1. The van der Waals surface area contributed by atoms with Crippen molar-refractivity contribution in [3.05, 3.63) is 35.4 Å². The molecule has 1 heterocycles. The first kappa shape index (κ1) is 10.7. The minimum Gasteiger partial charge on any atom is -0.298 e. The van der Waals surface area contributed by atoms with Gasteiger partial charge in [0.05, 0.1) is 0 Å². The van der Waals surface area contributed by atoms with Crippen LogP contribution in [0.4, 0.5) is 0 Å². The van der Waals surface area contributed by atoms with Crippen molar-refractivity contribution in [2.75, 3.05) is 13.1 Å². The Morgan fingerprint density at radius 2 is 1.80 bits per heavy atom. The van der Waals surface area contributed by atoms with Crippen LogP contribution in [0, 0.1) is 5.41 Å². The fourth-order valence-electron chi connectivity index (χ4n) is 2.36. The van der Waals surface area contributed by atoms with Gasteiger partial charge in [-0.2, -0.15) is 0 Å². The van der Waals surface area contributed by atoms with E-state index in [1.807, 2.05) is 0 Å². The van der Waals surface area contributed by atoms with Crippen molar-refractivity contribution in [1.29, 1.82) is 0 Å². The van der Waals surface area contributed by atoms with E-state index in [1.165, 1.54) is 25.1 Å². The van der Waals surface area contributed by atoms with E-state index in [4.69, 9.17) is 0 Å². The molecule has 15 heavy (non-hydrogen) atoms. The van der Waals surface area contributed by atoms with Crippen molar-refractivity contribution in [3.63, 3.8) is 0 Å². The van der Waals surface area contributed by atoms with Gasteiger partial charge >= 0.3 is 0 Å². The summed E-state index contributed by atoms with van der Waals surface area (Å²) < 4.78 is 0. The van der Waals surface area contributed by atoms with Gasteiger partial charge in [-0.1, -0.05) is 45.0 Å². The second-order valence-corrected chi connectivity index (χ2v) is 5.79. The Kier molecular flexibility index (Phi) is 2.83. The molecular weight excluding hydrogens is 182 g/mol. The summed E-state index contributed by atoms with van der Waals surface area (Å²) in [5.41, 5.74) is 3.47. The zero-order valence-electron chi connectivity index (χ0n) is 10.1. The summed E-state index contributed by atoms with van der Waals surface area (Å²) in [7, 11) is 0. The standard InChI is InChI=1S/C14H21N/c1-14(2,3)11-15-9-8-12-6-4-5-7-13(12)10-15/h4-7H,8-11H2,1-3H3. The first-order valence-corrected chi connectivity index (χ1v) is 5.84. The molecular formula is C14H21N. The lowest BCUT2D eigenvalue weighted by molar-refractivity contribution is 0.177. The van der Waals surface area contributed by atoms with Gasteiger partial charge in [0.15, 0.2) is 0 Å². The number of nitrogens with zero attached hydrogens (tertiary/aromatic N) is 1. The number of hydrogen-bond acceptors (Lipinski definition) is 1. The third-order valence-corrected chi connectivity index (χ3v) is 2.91. The summed E-state index contributed by atoms with van der Waals surface area (Å²) in [6.45, 7) is 10.5. The fraction of sp³-hybridized carbons (Fsp3) is 0.571. The molecule has 1 aliphatic rings. The van der Waals surface area contributed by atoms with Crippen LogP contribution in [0.15, 0.2) is 24.3 Å². The molecule has 0 atom stereocenters. The molecule has 82 valence electrons. The van der Waals surface area contributed by atoms with Crippen LogP contribution in [0.3, 0.4) is 0 Å². The van der Waals surface area contributed by atoms with Crippen molar-refractivity contribution >= 4 is 0 Å². The molecule has 0 saturated heterocycles. The van der Waals surface area contributed by atoms with Crippen molar-refractivity contribution < 1.29 is 0 Å². The first-order chi connectivity index (χ1) is 7.04. The smallest absolute Gasteiger partial charge is 0.0236 e. The molecule has 2 rings (SSSR count). The number of hydrogen-bond donors (Lipinski definition) is 0. The van der Waals surface area contributed by atoms with Gasteiger partial charge < -0.3 is 0 Å². The van der Waals surface area contributed by atoms with E-state index in [0.717, 1.165) is 6.54 Å². The zero-order chi connectivity index (χ0) is 10.9. The van der Waals surface area contributed by atoms with Gasteiger partial charge in [-0.05, 0) is 23.0 Å². The maximum atomic E-state index is 2.57. The predicted molar refractivity (Wildman–Crippen MR) is 64.9 cm³/mol. The molecule has 1 heteroatoms. The summed E-state index contributed by atoms with van der Waals surface area (Å²) in [6, 6.07) is 8.84. The van der Waals surface area contributed by atoms with Crippen molar-refractivity contribution in [1.82, 2.24) is 4.90 Å². The van der Waals surface area contributed by atoms with Crippen molar-refractivity contribution in [2.45, 2.75) is 33.7 Å². The molecule has 0 N–H and O–H groups in total. The van der Waals surface area contributed by atoms with E-state index in [9.17, 15) is 0 Å². The quantitative estimate of drug-likeness (QED) is 0.678. The summed E-state index contributed by atoms with van der Waals surface area (Å²) in [5.74, 6) is 0. The fourth-order valence-corrected chi connectivity index (χ4v) is 2.36. The maximum absolute atomic E-state index is 2.57. The van der Waals surface area contributed by atoms with E-state index in [1.54, 1.807) is 5.56 Å². The van der Waals surface area contributed by atoms with Crippen LogP contribution >= 0.6 is 0 Å². The molecule has 0 fully saturated rings. The van der Waals surface area contributed by atoms with Crippen LogP contribution in [0.25, 0.3) is 0 Å².